The Bertz CT molecular complexity index is 320. The molecule has 2 nitrogen and oxygen atoms in total. The van der Waals surface area contributed by atoms with Crippen LogP contribution in [0.1, 0.15) is 31.9 Å². The third-order valence-electron chi connectivity index (χ3n) is 2.18. The molecule has 0 radical (unpaired) electrons. The monoisotopic (exact) mass is 231 g/mol. The van der Waals surface area contributed by atoms with Crippen LogP contribution in [0.25, 0.3) is 0 Å². The van der Waals surface area contributed by atoms with E-state index in [0.717, 1.165) is 6.42 Å². The molecular weight excluding hydrogens is 217 g/mol. The van der Waals surface area contributed by atoms with E-state index >= 15 is 0 Å². The lowest BCUT2D eigenvalue weighted by Gasteiger charge is -2.13. The summed E-state index contributed by atoms with van der Waals surface area (Å²) in [5.74, 6) is -0.352. The van der Waals surface area contributed by atoms with Crippen LogP contribution in [0.5, 0.6) is 5.75 Å². The average Bonchev–Trinajstić information content (AvgIpc) is 2.22. The lowest BCUT2D eigenvalue weighted by atomic mass is 10.1. The average molecular weight is 232 g/mol. The van der Waals surface area contributed by atoms with Gasteiger partial charge in [-0.25, -0.2) is 4.39 Å². The number of rotatable bonds is 4. The molecule has 0 aromatic heterocycles. The number of ether oxygens (including phenoxy) is 1. The first kappa shape index (κ1) is 12.3. The summed E-state index contributed by atoms with van der Waals surface area (Å²) in [7, 11) is 0. The number of benzene rings is 1. The van der Waals surface area contributed by atoms with E-state index in [2.05, 4.69) is 0 Å². The summed E-state index contributed by atoms with van der Waals surface area (Å²) < 4.78 is 18.6. The first-order valence-electron chi connectivity index (χ1n) is 4.97. The minimum atomic E-state index is -0.455. The Kier molecular flexibility index (Phi) is 4.36. The molecule has 1 aromatic carbocycles. The van der Waals surface area contributed by atoms with Crippen molar-refractivity contribution >= 4 is 11.6 Å². The topological polar surface area (TPSA) is 35.2 Å². The SMILES string of the molecule is CCOc1c(F)cc([C@H](N)CC)cc1Cl. The molecule has 15 heavy (non-hydrogen) atoms. The van der Waals surface area contributed by atoms with Crippen molar-refractivity contribution < 1.29 is 9.13 Å². The van der Waals surface area contributed by atoms with E-state index in [0.29, 0.717) is 12.2 Å². The second-order valence-corrected chi connectivity index (χ2v) is 3.67. The maximum atomic E-state index is 13.5. The standard InChI is InChI=1S/C11H15ClFNO/c1-3-10(14)7-5-8(12)11(15-4-2)9(13)6-7/h5-6,10H,3-4,14H2,1-2H3/t10-/m1/s1. The summed E-state index contributed by atoms with van der Waals surface area (Å²) >= 11 is 5.89. The Hall–Kier alpha value is -0.800. The van der Waals surface area contributed by atoms with Gasteiger partial charge in [-0.1, -0.05) is 18.5 Å². The molecule has 4 heteroatoms. The maximum Gasteiger partial charge on any atom is 0.173 e. The summed E-state index contributed by atoms with van der Waals surface area (Å²) in [4.78, 5) is 0. The molecule has 0 spiro atoms. The van der Waals surface area contributed by atoms with E-state index in [9.17, 15) is 4.39 Å². The van der Waals surface area contributed by atoms with Crippen LogP contribution >= 0.6 is 11.6 Å². The molecule has 0 unspecified atom stereocenters. The van der Waals surface area contributed by atoms with Crippen molar-refractivity contribution in [2.75, 3.05) is 6.61 Å². The van der Waals surface area contributed by atoms with Crippen LogP contribution < -0.4 is 10.5 Å². The smallest absolute Gasteiger partial charge is 0.173 e. The fourth-order valence-electron chi connectivity index (χ4n) is 1.31. The van der Waals surface area contributed by atoms with Crippen molar-refractivity contribution in [1.82, 2.24) is 0 Å². The van der Waals surface area contributed by atoms with Crippen LogP contribution in [-0.4, -0.2) is 6.61 Å². The third kappa shape index (κ3) is 2.83. The molecule has 0 fully saturated rings. The lowest BCUT2D eigenvalue weighted by Crippen LogP contribution is -2.09. The van der Waals surface area contributed by atoms with Gasteiger partial charge in [-0.2, -0.15) is 0 Å². The van der Waals surface area contributed by atoms with Gasteiger partial charge in [0, 0.05) is 6.04 Å². The van der Waals surface area contributed by atoms with Crippen LogP contribution in [0.4, 0.5) is 4.39 Å². The van der Waals surface area contributed by atoms with Gasteiger partial charge in [0.25, 0.3) is 0 Å². The highest BCUT2D eigenvalue weighted by molar-refractivity contribution is 6.32. The van der Waals surface area contributed by atoms with E-state index in [1.165, 1.54) is 6.07 Å². The van der Waals surface area contributed by atoms with Crippen LogP contribution in [0.15, 0.2) is 12.1 Å². The number of hydrogen-bond acceptors (Lipinski definition) is 2. The van der Waals surface area contributed by atoms with Crippen molar-refractivity contribution in [2.24, 2.45) is 5.73 Å². The number of halogens is 2. The van der Waals surface area contributed by atoms with Crippen LogP contribution in [-0.2, 0) is 0 Å². The molecule has 0 saturated heterocycles. The number of hydrogen-bond donors (Lipinski definition) is 1. The highest BCUT2D eigenvalue weighted by atomic mass is 35.5. The normalized spacial score (nSPS) is 12.6. The minimum Gasteiger partial charge on any atom is -0.489 e. The molecule has 0 bridgehead atoms. The molecule has 0 amide bonds. The van der Waals surface area contributed by atoms with E-state index in [1.54, 1.807) is 13.0 Å². The van der Waals surface area contributed by atoms with Gasteiger partial charge in [0.15, 0.2) is 11.6 Å². The minimum absolute atomic E-state index is 0.103. The Morgan fingerprint density at radius 3 is 2.60 bits per heavy atom. The van der Waals surface area contributed by atoms with Crippen LogP contribution in [0.2, 0.25) is 5.02 Å². The molecule has 0 aliphatic rings. The van der Waals surface area contributed by atoms with Gasteiger partial charge < -0.3 is 10.5 Å². The predicted molar refractivity (Wildman–Crippen MR) is 59.8 cm³/mol. The fourth-order valence-corrected chi connectivity index (χ4v) is 1.58. The molecule has 1 rings (SSSR count). The summed E-state index contributed by atoms with van der Waals surface area (Å²) in [5, 5.41) is 0.274. The van der Waals surface area contributed by atoms with Crippen LogP contribution in [0.3, 0.4) is 0 Å². The molecule has 0 saturated carbocycles. The second-order valence-electron chi connectivity index (χ2n) is 3.26. The predicted octanol–water partition coefficient (Wildman–Crippen LogP) is 3.29. The van der Waals surface area contributed by atoms with E-state index in [4.69, 9.17) is 22.1 Å². The molecule has 1 aromatic rings. The molecule has 0 heterocycles. The maximum absolute atomic E-state index is 13.5. The summed E-state index contributed by atoms with van der Waals surface area (Å²) in [6, 6.07) is 2.85. The van der Waals surface area contributed by atoms with E-state index in [-0.39, 0.29) is 16.8 Å². The highest BCUT2D eigenvalue weighted by Gasteiger charge is 2.13. The fraction of sp³-hybridized carbons (Fsp3) is 0.455. The van der Waals surface area contributed by atoms with Gasteiger partial charge in [-0.15, -0.1) is 0 Å². The first-order chi connectivity index (χ1) is 7.10. The van der Waals surface area contributed by atoms with Crippen molar-refractivity contribution in [2.45, 2.75) is 26.3 Å². The van der Waals surface area contributed by atoms with Crippen molar-refractivity contribution in [3.8, 4) is 5.75 Å². The van der Waals surface area contributed by atoms with E-state index < -0.39 is 5.82 Å². The molecular formula is C11H15ClFNO. The zero-order valence-electron chi connectivity index (χ0n) is 8.89. The summed E-state index contributed by atoms with van der Waals surface area (Å²) in [5.41, 5.74) is 6.49. The quantitative estimate of drug-likeness (QED) is 0.863. The second kappa shape index (κ2) is 5.33. The molecule has 2 N–H and O–H groups in total. The largest absolute Gasteiger partial charge is 0.489 e. The van der Waals surface area contributed by atoms with Crippen LogP contribution in [0, 0.1) is 5.82 Å². The lowest BCUT2D eigenvalue weighted by molar-refractivity contribution is 0.321. The van der Waals surface area contributed by atoms with Gasteiger partial charge in [-0.3, -0.25) is 0 Å². The molecule has 0 aliphatic heterocycles. The molecule has 1 atom stereocenters. The van der Waals surface area contributed by atoms with Gasteiger partial charge in [-0.05, 0) is 31.0 Å². The van der Waals surface area contributed by atoms with Crippen molar-refractivity contribution in [1.29, 1.82) is 0 Å². The Labute approximate surface area is 94.2 Å². The summed E-state index contributed by atoms with van der Waals surface area (Å²) in [6.45, 7) is 4.10. The Morgan fingerprint density at radius 2 is 2.13 bits per heavy atom. The Balaban J connectivity index is 3.07. The zero-order valence-corrected chi connectivity index (χ0v) is 9.64. The van der Waals surface area contributed by atoms with Gasteiger partial charge in [0.1, 0.15) is 0 Å². The van der Waals surface area contributed by atoms with Crippen molar-refractivity contribution in [3.63, 3.8) is 0 Å². The van der Waals surface area contributed by atoms with Gasteiger partial charge in [0.05, 0.1) is 11.6 Å². The zero-order chi connectivity index (χ0) is 11.4. The van der Waals surface area contributed by atoms with Gasteiger partial charge in [0.2, 0.25) is 0 Å². The third-order valence-corrected chi connectivity index (χ3v) is 2.46. The first-order valence-corrected chi connectivity index (χ1v) is 5.35. The molecule has 0 aliphatic carbocycles. The highest BCUT2D eigenvalue weighted by Crippen LogP contribution is 2.31. The Morgan fingerprint density at radius 1 is 1.47 bits per heavy atom. The number of nitrogens with two attached hydrogens (primary N) is 1. The van der Waals surface area contributed by atoms with E-state index in [1.807, 2.05) is 6.92 Å². The molecule has 84 valence electrons. The summed E-state index contributed by atoms with van der Waals surface area (Å²) in [6.07, 6.45) is 0.740. The van der Waals surface area contributed by atoms with Gasteiger partial charge >= 0.3 is 0 Å². The van der Waals surface area contributed by atoms with Crippen molar-refractivity contribution in [3.05, 3.63) is 28.5 Å².